The number of likely N-dealkylation sites (tertiary alicyclic amines) is 4. The lowest BCUT2D eigenvalue weighted by molar-refractivity contribution is -0.141. The molecular formula is C49H77N5O2. The Hall–Kier alpha value is -2.90. The summed E-state index contributed by atoms with van der Waals surface area (Å²) in [5.74, 6) is 4.96. The lowest BCUT2D eigenvalue weighted by Gasteiger charge is -2.61. The topological polar surface area (TPSA) is 50.3 Å². The molecule has 56 heavy (non-hydrogen) atoms. The van der Waals surface area contributed by atoms with E-state index in [4.69, 9.17) is 0 Å². The van der Waals surface area contributed by atoms with E-state index in [9.17, 15) is 9.59 Å². The molecule has 1 aliphatic carbocycles. The van der Waals surface area contributed by atoms with E-state index in [1.807, 2.05) is 13.8 Å². The average molecular weight is 768 g/mol. The lowest BCUT2D eigenvalue weighted by Crippen LogP contribution is -2.73. The number of rotatable bonds is 9. The number of amides is 2. The summed E-state index contributed by atoms with van der Waals surface area (Å²) >= 11 is 0. The van der Waals surface area contributed by atoms with Crippen LogP contribution in [0.15, 0.2) is 48.5 Å². The van der Waals surface area contributed by atoms with Crippen molar-refractivity contribution in [2.45, 2.75) is 119 Å². The van der Waals surface area contributed by atoms with Crippen molar-refractivity contribution in [3.63, 3.8) is 0 Å². The van der Waals surface area contributed by atoms with Gasteiger partial charge in [0.15, 0.2) is 0 Å². The van der Waals surface area contributed by atoms with Crippen LogP contribution in [-0.4, -0.2) is 110 Å². The third kappa shape index (κ3) is 10.0. The van der Waals surface area contributed by atoms with Gasteiger partial charge in [0.2, 0.25) is 11.8 Å². The van der Waals surface area contributed by atoms with Gasteiger partial charge >= 0.3 is 0 Å². The first-order chi connectivity index (χ1) is 26.8. The van der Waals surface area contributed by atoms with Crippen LogP contribution < -0.4 is 4.90 Å². The number of carbonyl (C=O) groups is 2. The summed E-state index contributed by atoms with van der Waals surface area (Å²) in [4.78, 5) is 36.5. The third-order valence-electron chi connectivity index (χ3n) is 14.3. The fourth-order valence-corrected chi connectivity index (χ4v) is 10.5. The third-order valence-corrected chi connectivity index (χ3v) is 14.3. The molecule has 5 saturated heterocycles. The maximum atomic E-state index is 12.6. The highest BCUT2D eigenvalue weighted by atomic mass is 16.2. The molecular weight excluding hydrogens is 691 g/mol. The number of benzene rings is 2. The molecule has 5 aliphatic heterocycles. The Labute approximate surface area is 341 Å². The fourth-order valence-electron chi connectivity index (χ4n) is 10.5. The predicted molar refractivity (Wildman–Crippen MR) is 233 cm³/mol. The first-order valence-electron chi connectivity index (χ1n) is 22.7. The molecule has 6 fully saturated rings. The zero-order valence-electron chi connectivity index (χ0n) is 36.9. The van der Waals surface area contributed by atoms with Gasteiger partial charge in [-0.05, 0) is 108 Å². The molecule has 5 heterocycles. The standard InChI is InChI=1S/C24H37N3O.C23H34N2O.C2H6/c1-18(2)20-5-7-22(8-6-20)27-16-24(17-27)14-25(15-24)13-23(28)26-11-9-21(10-12-26)19(3)4;1-17(2)19-4-6-20(7-5-19)21-12-23(13-21)15-24(16-23)14-22(26)25-10-8-18(3)9-11-25;1-2/h5-8,18-19,21H,9-17H2,1-4H3;4-7,17-18,21H,8-16H2,1-3H3;1-2H3. The summed E-state index contributed by atoms with van der Waals surface area (Å²) in [5, 5.41) is 0. The van der Waals surface area contributed by atoms with Gasteiger partial charge in [-0.15, -0.1) is 0 Å². The molecule has 0 N–H and O–H groups in total. The second-order valence-corrected chi connectivity index (χ2v) is 19.8. The summed E-state index contributed by atoms with van der Waals surface area (Å²) in [5.41, 5.74) is 6.64. The van der Waals surface area contributed by atoms with Crippen LogP contribution in [0.25, 0.3) is 0 Å². The van der Waals surface area contributed by atoms with Crippen LogP contribution in [0.4, 0.5) is 5.69 Å². The second kappa shape index (κ2) is 18.4. The smallest absolute Gasteiger partial charge is 0.236 e. The van der Waals surface area contributed by atoms with Crippen LogP contribution in [0.3, 0.4) is 0 Å². The monoisotopic (exact) mass is 768 g/mol. The van der Waals surface area contributed by atoms with Gasteiger partial charge in [-0.2, -0.15) is 0 Å². The molecule has 2 aromatic carbocycles. The summed E-state index contributed by atoms with van der Waals surface area (Å²) < 4.78 is 0. The molecule has 310 valence electrons. The van der Waals surface area contributed by atoms with Gasteiger partial charge < -0.3 is 14.7 Å². The summed E-state index contributed by atoms with van der Waals surface area (Å²) in [6, 6.07) is 18.3. The molecule has 7 nitrogen and oxygen atoms in total. The molecule has 0 atom stereocenters. The molecule has 0 unspecified atom stereocenters. The lowest BCUT2D eigenvalue weighted by atomic mass is 9.56. The van der Waals surface area contributed by atoms with E-state index in [0.717, 1.165) is 89.1 Å². The molecule has 0 radical (unpaired) electrons. The number of carbonyl (C=O) groups excluding carboxylic acids is 2. The van der Waals surface area contributed by atoms with Gasteiger partial charge in [-0.3, -0.25) is 19.4 Å². The Morgan fingerprint density at radius 1 is 0.607 bits per heavy atom. The first-order valence-corrected chi connectivity index (χ1v) is 22.7. The second-order valence-electron chi connectivity index (χ2n) is 19.8. The van der Waals surface area contributed by atoms with Crippen molar-refractivity contribution < 1.29 is 9.59 Å². The molecule has 0 aromatic heterocycles. The van der Waals surface area contributed by atoms with E-state index in [1.54, 1.807) is 0 Å². The number of hydrogen-bond donors (Lipinski definition) is 0. The van der Waals surface area contributed by atoms with Crippen LogP contribution in [0, 0.1) is 28.6 Å². The quantitative estimate of drug-likeness (QED) is 0.255. The van der Waals surface area contributed by atoms with Crippen molar-refractivity contribution in [2.75, 3.05) is 83.4 Å². The molecule has 2 spiro atoms. The highest BCUT2D eigenvalue weighted by molar-refractivity contribution is 5.79. The normalized spacial score (nSPS) is 22.5. The van der Waals surface area contributed by atoms with Gasteiger partial charge in [-0.1, -0.05) is 98.7 Å². The maximum absolute atomic E-state index is 12.6. The Balaban J connectivity index is 0.000000182. The van der Waals surface area contributed by atoms with Gasteiger partial charge in [-0.25, -0.2) is 0 Å². The Morgan fingerprint density at radius 2 is 1.04 bits per heavy atom. The van der Waals surface area contributed by atoms with Gasteiger partial charge in [0, 0.05) is 76.5 Å². The van der Waals surface area contributed by atoms with Crippen LogP contribution in [0.1, 0.15) is 135 Å². The zero-order valence-corrected chi connectivity index (χ0v) is 36.9. The summed E-state index contributed by atoms with van der Waals surface area (Å²) in [6.45, 7) is 31.7. The highest BCUT2D eigenvalue weighted by Crippen LogP contribution is 2.56. The van der Waals surface area contributed by atoms with Gasteiger partial charge in [0.25, 0.3) is 0 Å². The first kappa shape index (κ1) is 42.7. The Kier molecular flexibility index (Phi) is 14.0. The van der Waals surface area contributed by atoms with Gasteiger partial charge in [0.1, 0.15) is 0 Å². The van der Waals surface area contributed by atoms with Crippen LogP contribution in [-0.2, 0) is 9.59 Å². The minimum absolute atomic E-state index is 0.345. The summed E-state index contributed by atoms with van der Waals surface area (Å²) in [7, 11) is 0. The molecule has 8 rings (SSSR count). The molecule has 2 amide bonds. The largest absolute Gasteiger partial charge is 0.370 e. The summed E-state index contributed by atoms with van der Waals surface area (Å²) in [6.07, 6.45) is 7.32. The predicted octanol–water partition coefficient (Wildman–Crippen LogP) is 9.10. The number of anilines is 1. The number of piperidine rings is 2. The number of nitrogens with zero attached hydrogens (tertiary/aromatic N) is 5. The van der Waals surface area contributed by atoms with E-state index in [0.29, 0.717) is 47.6 Å². The minimum Gasteiger partial charge on any atom is -0.370 e. The molecule has 7 heteroatoms. The number of hydrogen-bond acceptors (Lipinski definition) is 5. The van der Waals surface area contributed by atoms with Crippen molar-refractivity contribution >= 4 is 17.5 Å². The van der Waals surface area contributed by atoms with E-state index < -0.39 is 0 Å². The van der Waals surface area contributed by atoms with Crippen molar-refractivity contribution in [1.29, 1.82) is 0 Å². The van der Waals surface area contributed by atoms with E-state index >= 15 is 0 Å². The van der Waals surface area contributed by atoms with Crippen molar-refractivity contribution in [3.8, 4) is 0 Å². The van der Waals surface area contributed by atoms with Gasteiger partial charge in [0.05, 0.1) is 13.1 Å². The SMILES string of the molecule is CC.CC(C)c1ccc(N2CC3(CN(CC(=O)N4CCC(C(C)C)CC4)C3)C2)cc1.CC1CCN(C(=O)CN2CC3(CC(c4ccc(C(C)C)cc4)C3)C2)CC1. The molecule has 2 aromatic rings. The van der Waals surface area contributed by atoms with E-state index in [2.05, 4.69) is 121 Å². The molecule has 0 bridgehead atoms. The minimum atomic E-state index is 0.345. The fraction of sp³-hybridized carbons (Fsp3) is 0.714. The molecule has 6 aliphatic rings. The highest BCUT2D eigenvalue weighted by Gasteiger charge is 2.53. The Morgan fingerprint density at radius 3 is 1.48 bits per heavy atom. The van der Waals surface area contributed by atoms with Crippen LogP contribution in [0.5, 0.6) is 0 Å². The van der Waals surface area contributed by atoms with Crippen molar-refractivity contribution in [3.05, 3.63) is 65.2 Å². The van der Waals surface area contributed by atoms with E-state index in [1.165, 1.54) is 60.9 Å². The van der Waals surface area contributed by atoms with Crippen LogP contribution >= 0.6 is 0 Å². The van der Waals surface area contributed by atoms with Crippen LogP contribution in [0.2, 0.25) is 0 Å². The molecule has 1 saturated carbocycles. The van der Waals surface area contributed by atoms with E-state index in [-0.39, 0.29) is 0 Å². The maximum Gasteiger partial charge on any atom is 0.236 e. The zero-order chi connectivity index (χ0) is 40.2. The average Bonchev–Trinajstić information content (AvgIpc) is 3.13. The Bertz CT molecular complexity index is 1540. The van der Waals surface area contributed by atoms with Crippen molar-refractivity contribution in [1.82, 2.24) is 19.6 Å². The van der Waals surface area contributed by atoms with Crippen molar-refractivity contribution in [2.24, 2.45) is 28.6 Å².